The maximum atomic E-state index is 12.9. The number of aliphatic imine (C=N–C) groups is 1. The third kappa shape index (κ3) is 5.95. The molecule has 1 saturated heterocycles. The number of hydrogen-bond donors (Lipinski definition) is 0. The van der Waals surface area contributed by atoms with Crippen LogP contribution < -0.4 is 4.74 Å². The predicted molar refractivity (Wildman–Crippen MR) is 119 cm³/mol. The molecule has 2 aromatic carbocycles. The van der Waals surface area contributed by atoms with Gasteiger partial charge in [0.15, 0.2) is 5.17 Å². The number of ether oxygens (including phenoxy) is 2. The van der Waals surface area contributed by atoms with Gasteiger partial charge in [0.05, 0.1) is 30.4 Å². The quantitative estimate of drug-likeness (QED) is 0.577. The molecule has 0 aromatic heterocycles. The molecule has 2 aromatic rings. The number of carbonyl (C=O) groups excluding carboxylic acids is 1. The maximum Gasteiger partial charge on any atom is 0.266 e. The summed E-state index contributed by atoms with van der Waals surface area (Å²) in [6, 6.07) is 17.4. The van der Waals surface area contributed by atoms with Gasteiger partial charge in [-0.1, -0.05) is 44.2 Å². The second kappa shape index (κ2) is 10.3. The molecule has 1 heterocycles. The zero-order chi connectivity index (χ0) is 20.6. The number of thioether (sulfide) groups is 1. The highest BCUT2D eigenvalue weighted by atomic mass is 32.2. The Morgan fingerprint density at radius 2 is 1.83 bits per heavy atom. The molecule has 0 spiro atoms. The number of benzene rings is 2. The van der Waals surface area contributed by atoms with Crippen LogP contribution in [0.1, 0.15) is 19.4 Å². The first-order valence-electron chi connectivity index (χ1n) is 9.64. The van der Waals surface area contributed by atoms with E-state index in [0.29, 0.717) is 35.7 Å². The van der Waals surface area contributed by atoms with E-state index in [9.17, 15) is 4.79 Å². The minimum Gasteiger partial charge on any atom is -0.493 e. The van der Waals surface area contributed by atoms with Crippen molar-refractivity contribution in [3.05, 3.63) is 65.1 Å². The fraction of sp³-hybridized carbons (Fsp3) is 0.304. The number of amidine groups is 1. The molecule has 29 heavy (non-hydrogen) atoms. The molecule has 1 amide bonds. The Balaban J connectivity index is 1.80. The lowest BCUT2D eigenvalue weighted by molar-refractivity contribution is -0.122. The molecule has 0 bridgehead atoms. The minimum absolute atomic E-state index is 0.0538. The van der Waals surface area contributed by atoms with Gasteiger partial charge in [-0.05, 0) is 53.6 Å². The Kier molecular flexibility index (Phi) is 7.49. The van der Waals surface area contributed by atoms with Gasteiger partial charge >= 0.3 is 0 Å². The Hall–Kier alpha value is -2.57. The van der Waals surface area contributed by atoms with E-state index in [4.69, 9.17) is 9.47 Å². The summed E-state index contributed by atoms with van der Waals surface area (Å²) < 4.78 is 10.9. The molecule has 0 unspecified atom stereocenters. The molecule has 5 nitrogen and oxygen atoms in total. The minimum atomic E-state index is -0.0538. The van der Waals surface area contributed by atoms with E-state index in [1.807, 2.05) is 60.7 Å². The van der Waals surface area contributed by atoms with E-state index in [1.54, 1.807) is 12.0 Å². The molecule has 0 N–H and O–H groups in total. The van der Waals surface area contributed by atoms with Crippen molar-refractivity contribution < 1.29 is 14.3 Å². The molecule has 1 fully saturated rings. The number of amides is 1. The molecule has 152 valence electrons. The van der Waals surface area contributed by atoms with E-state index in [2.05, 4.69) is 18.8 Å². The first kappa shape index (κ1) is 21.1. The average Bonchev–Trinajstić information content (AvgIpc) is 3.01. The number of methoxy groups -OCH3 is 1. The molecule has 6 heteroatoms. The van der Waals surface area contributed by atoms with Gasteiger partial charge in [-0.3, -0.25) is 9.69 Å². The van der Waals surface area contributed by atoms with Crippen LogP contribution in [0, 0.1) is 5.92 Å². The summed E-state index contributed by atoms with van der Waals surface area (Å²) >= 11 is 1.39. The Morgan fingerprint density at radius 3 is 2.48 bits per heavy atom. The first-order valence-corrected chi connectivity index (χ1v) is 10.5. The maximum absolute atomic E-state index is 12.9. The first-order chi connectivity index (χ1) is 14.1. The van der Waals surface area contributed by atoms with Crippen molar-refractivity contribution >= 4 is 34.6 Å². The zero-order valence-corrected chi connectivity index (χ0v) is 17.8. The van der Waals surface area contributed by atoms with Crippen LogP contribution in [0.15, 0.2) is 64.5 Å². The highest BCUT2D eigenvalue weighted by molar-refractivity contribution is 8.18. The smallest absolute Gasteiger partial charge is 0.266 e. The van der Waals surface area contributed by atoms with Crippen LogP contribution >= 0.6 is 11.8 Å². The summed E-state index contributed by atoms with van der Waals surface area (Å²) in [6.07, 6.45) is 1.90. The van der Waals surface area contributed by atoms with Gasteiger partial charge in [0.2, 0.25) is 0 Å². The number of nitrogens with zero attached hydrogens (tertiary/aromatic N) is 2. The van der Waals surface area contributed by atoms with Gasteiger partial charge < -0.3 is 9.47 Å². The molecule has 0 aliphatic carbocycles. The van der Waals surface area contributed by atoms with E-state index >= 15 is 0 Å². The van der Waals surface area contributed by atoms with Gasteiger partial charge in [0.25, 0.3) is 5.91 Å². The number of carbonyl (C=O) groups is 1. The third-order valence-electron chi connectivity index (χ3n) is 4.15. The van der Waals surface area contributed by atoms with Crippen LogP contribution in [0.4, 0.5) is 5.69 Å². The summed E-state index contributed by atoms with van der Waals surface area (Å²) in [5.74, 6) is 1.26. The van der Waals surface area contributed by atoms with E-state index in [1.165, 1.54) is 11.8 Å². The highest BCUT2D eigenvalue weighted by Gasteiger charge is 2.33. The Labute approximate surface area is 176 Å². The lowest BCUT2D eigenvalue weighted by Crippen LogP contribution is -2.32. The van der Waals surface area contributed by atoms with Crippen molar-refractivity contribution in [3.63, 3.8) is 0 Å². The van der Waals surface area contributed by atoms with E-state index in [0.717, 1.165) is 17.0 Å². The Morgan fingerprint density at radius 1 is 1.10 bits per heavy atom. The molecule has 1 aliphatic rings. The number of rotatable bonds is 8. The Bertz CT molecular complexity index is 877. The summed E-state index contributed by atoms with van der Waals surface area (Å²) in [6.45, 7) is 5.84. The zero-order valence-electron chi connectivity index (χ0n) is 17.0. The largest absolute Gasteiger partial charge is 0.493 e. The van der Waals surface area contributed by atoms with Crippen LogP contribution in [0.3, 0.4) is 0 Å². The summed E-state index contributed by atoms with van der Waals surface area (Å²) in [5, 5.41) is 0.668. The average molecular weight is 411 g/mol. The van der Waals surface area contributed by atoms with E-state index in [-0.39, 0.29) is 5.91 Å². The molecule has 0 radical (unpaired) electrons. The molecule has 3 rings (SSSR count). The normalized spacial score (nSPS) is 17.0. The molecule has 1 aliphatic heterocycles. The van der Waals surface area contributed by atoms with Crippen LogP contribution in [0.25, 0.3) is 6.08 Å². The lowest BCUT2D eigenvalue weighted by atomic mass is 10.2. The highest BCUT2D eigenvalue weighted by Crippen LogP contribution is 2.34. The van der Waals surface area contributed by atoms with Crippen molar-refractivity contribution in [2.75, 3.05) is 26.9 Å². The van der Waals surface area contributed by atoms with Gasteiger partial charge in [-0.2, -0.15) is 0 Å². The van der Waals surface area contributed by atoms with Crippen molar-refractivity contribution in [1.29, 1.82) is 0 Å². The fourth-order valence-electron chi connectivity index (χ4n) is 2.66. The van der Waals surface area contributed by atoms with Gasteiger partial charge in [0.1, 0.15) is 5.75 Å². The summed E-state index contributed by atoms with van der Waals surface area (Å²) in [5.41, 5.74) is 1.77. The van der Waals surface area contributed by atoms with Crippen molar-refractivity contribution in [2.24, 2.45) is 10.9 Å². The van der Waals surface area contributed by atoms with Crippen LogP contribution in [-0.2, 0) is 9.53 Å². The van der Waals surface area contributed by atoms with Gasteiger partial charge in [0, 0.05) is 7.11 Å². The van der Waals surface area contributed by atoms with Crippen LogP contribution in [0.5, 0.6) is 5.75 Å². The van der Waals surface area contributed by atoms with E-state index < -0.39 is 0 Å². The van der Waals surface area contributed by atoms with Gasteiger partial charge in [-0.25, -0.2) is 4.99 Å². The van der Waals surface area contributed by atoms with Crippen molar-refractivity contribution in [2.45, 2.75) is 13.8 Å². The summed E-state index contributed by atoms with van der Waals surface area (Å²) in [4.78, 5) is 19.9. The number of hydrogen-bond acceptors (Lipinski definition) is 5. The van der Waals surface area contributed by atoms with Crippen molar-refractivity contribution in [1.82, 2.24) is 4.90 Å². The predicted octanol–water partition coefficient (Wildman–Crippen LogP) is 4.97. The number of para-hydroxylation sites is 1. The molecule has 0 atom stereocenters. The standard InChI is InChI=1S/C23H26N2O3S/c1-17(2)16-28-20-11-9-18(10-12-20)15-21-22(26)25(13-14-27-3)23(29-21)24-19-7-5-4-6-8-19/h4-12,15,17H,13-14,16H2,1-3H3/b21-15+,24-23?. The molecule has 0 saturated carbocycles. The SMILES string of the molecule is COCCN1C(=O)/C(=C\c2ccc(OCC(C)C)cc2)SC1=Nc1ccccc1. The topological polar surface area (TPSA) is 51.1 Å². The second-order valence-electron chi connectivity index (χ2n) is 7.06. The summed E-state index contributed by atoms with van der Waals surface area (Å²) in [7, 11) is 1.63. The van der Waals surface area contributed by atoms with Crippen LogP contribution in [-0.4, -0.2) is 42.8 Å². The molecular formula is C23H26N2O3S. The third-order valence-corrected chi connectivity index (χ3v) is 5.16. The van der Waals surface area contributed by atoms with Gasteiger partial charge in [-0.15, -0.1) is 0 Å². The fourth-order valence-corrected chi connectivity index (χ4v) is 3.68. The van der Waals surface area contributed by atoms with Crippen molar-refractivity contribution in [3.8, 4) is 5.75 Å². The monoisotopic (exact) mass is 410 g/mol. The lowest BCUT2D eigenvalue weighted by Gasteiger charge is -2.14. The van der Waals surface area contributed by atoms with Crippen LogP contribution in [0.2, 0.25) is 0 Å². The molecular weight excluding hydrogens is 384 g/mol. The second-order valence-corrected chi connectivity index (χ2v) is 8.07.